The third kappa shape index (κ3) is 6.64. The highest BCUT2D eigenvalue weighted by Gasteiger charge is 2.12. The topological polar surface area (TPSA) is 32.7 Å². The van der Waals surface area contributed by atoms with Crippen molar-refractivity contribution in [2.45, 2.75) is 19.1 Å². The summed E-state index contributed by atoms with van der Waals surface area (Å²) < 4.78 is 29.4. The van der Waals surface area contributed by atoms with E-state index in [2.05, 4.69) is 0 Å². The number of likely N-dealkylation sites (N-methyl/N-ethyl adjacent to an activating group) is 1. The van der Waals surface area contributed by atoms with Crippen LogP contribution in [0.1, 0.15) is 5.56 Å². The minimum Gasteiger partial charge on any atom is -0.389 e. The first-order valence-electron chi connectivity index (χ1n) is 5.84. The van der Waals surface area contributed by atoms with Crippen LogP contribution in [0.5, 0.6) is 0 Å². The van der Waals surface area contributed by atoms with Gasteiger partial charge < -0.3 is 9.84 Å². The van der Waals surface area contributed by atoms with Gasteiger partial charge in [0.1, 0.15) is 0 Å². The predicted molar refractivity (Wildman–Crippen MR) is 65.6 cm³/mol. The van der Waals surface area contributed by atoms with Crippen LogP contribution in [0, 0.1) is 0 Å². The predicted octanol–water partition coefficient (Wildman–Crippen LogP) is 1.76. The molecule has 0 fully saturated rings. The van der Waals surface area contributed by atoms with E-state index in [1.54, 1.807) is 7.05 Å². The first-order chi connectivity index (χ1) is 8.58. The summed E-state index contributed by atoms with van der Waals surface area (Å²) in [6, 6.07) is 9.58. The quantitative estimate of drug-likeness (QED) is 0.772. The van der Waals surface area contributed by atoms with E-state index >= 15 is 0 Å². The smallest absolute Gasteiger partial charge is 0.251 e. The Morgan fingerprint density at radius 2 is 1.89 bits per heavy atom. The van der Waals surface area contributed by atoms with E-state index < -0.39 is 12.5 Å². The molecule has 0 aliphatic rings. The number of aliphatic hydroxyl groups is 1. The van der Waals surface area contributed by atoms with E-state index in [1.807, 2.05) is 30.3 Å². The summed E-state index contributed by atoms with van der Waals surface area (Å²) in [7, 11) is 1.55. The number of hydrogen-bond donors (Lipinski definition) is 1. The molecule has 1 atom stereocenters. The van der Waals surface area contributed by atoms with Crippen molar-refractivity contribution >= 4 is 0 Å². The van der Waals surface area contributed by atoms with Gasteiger partial charge in [-0.05, 0) is 12.6 Å². The monoisotopic (exact) mass is 259 g/mol. The largest absolute Gasteiger partial charge is 0.389 e. The van der Waals surface area contributed by atoms with Gasteiger partial charge in [0.15, 0.2) is 0 Å². The maximum Gasteiger partial charge on any atom is 0.251 e. The van der Waals surface area contributed by atoms with Crippen molar-refractivity contribution in [3.05, 3.63) is 35.9 Å². The molecule has 5 heteroatoms. The average molecular weight is 259 g/mol. The van der Waals surface area contributed by atoms with Crippen molar-refractivity contribution in [1.29, 1.82) is 0 Å². The molecular formula is C13H19F2NO2. The highest BCUT2D eigenvalue weighted by atomic mass is 19.3. The molecule has 0 amide bonds. The molecule has 18 heavy (non-hydrogen) atoms. The standard InChI is InChI=1S/C13H19F2NO2/c1-16(8-13(14)15)7-12(17)10-18-9-11-5-3-2-4-6-11/h2-6,12-13,17H,7-10H2,1H3. The number of benzene rings is 1. The molecule has 1 unspecified atom stereocenters. The lowest BCUT2D eigenvalue weighted by molar-refractivity contribution is 0.00444. The van der Waals surface area contributed by atoms with Crippen molar-refractivity contribution in [2.24, 2.45) is 0 Å². The second-order valence-electron chi connectivity index (χ2n) is 4.27. The Morgan fingerprint density at radius 1 is 1.22 bits per heavy atom. The van der Waals surface area contributed by atoms with Crippen molar-refractivity contribution in [1.82, 2.24) is 4.90 Å². The van der Waals surface area contributed by atoms with Gasteiger partial charge in [0.25, 0.3) is 6.43 Å². The molecule has 1 N–H and O–H groups in total. The van der Waals surface area contributed by atoms with Gasteiger partial charge in [-0.25, -0.2) is 8.78 Å². The van der Waals surface area contributed by atoms with Crippen LogP contribution in [0.4, 0.5) is 8.78 Å². The summed E-state index contributed by atoms with van der Waals surface area (Å²) in [6.45, 7) is 0.397. The number of hydrogen-bond acceptors (Lipinski definition) is 3. The molecule has 0 spiro atoms. The number of alkyl halides is 2. The molecule has 1 rings (SSSR count). The van der Waals surface area contributed by atoms with Gasteiger partial charge in [0.2, 0.25) is 0 Å². The molecule has 0 saturated carbocycles. The van der Waals surface area contributed by atoms with Gasteiger partial charge in [-0.15, -0.1) is 0 Å². The summed E-state index contributed by atoms with van der Waals surface area (Å²) in [6.07, 6.45) is -3.13. The van der Waals surface area contributed by atoms with Gasteiger partial charge in [-0.1, -0.05) is 30.3 Å². The molecule has 0 saturated heterocycles. The summed E-state index contributed by atoms with van der Waals surface area (Å²) in [5.41, 5.74) is 1.02. The molecule has 0 aliphatic heterocycles. The van der Waals surface area contributed by atoms with E-state index in [0.29, 0.717) is 6.61 Å². The zero-order chi connectivity index (χ0) is 13.4. The molecule has 1 aromatic rings. The lowest BCUT2D eigenvalue weighted by Gasteiger charge is -2.19. The molecule has 0 bridgehead atoms. The van der Waals surface area contributed by atoms with E-state index in [0.717, 1.165) is 5.56 Å². The molecule has 0 aromatic heterocycles. The zero-order valence-corrected chi connectivity index (χ0v) is 10.4. The number of nitrogens with zero attached hydrogens (tertiary/aromatic N) is 1. The lowest BCUT2D eigenvalue weighted by Crippen LogP contribution is -2.34. The Labute approximate surface area is 106 Å². The summed E-state index contributed by atoms with van der Waals surface area (Å²) >= 11 is 0. The molecule has 0 aliphatic carbocycles. The Morgan fingerprint density at radius 3 is 2.50 bits per heavy atom. The number of rotatable bonds is 8. The maximum atomic E-state index is 12.1. The third-order valence-corrected chi connectivity index (χ3v) is 2.39. The number of aliphatic hydroxyl groups excluding tert-OH is 1. The van der Waals surface area contributed by atoms with Crippen LogP contribution in [-0.2, 0) is 11.3 Å². The Hall–Kier alpha value is -1.04. The highest BCUT2D eigenvalue weighted by Crippen LogP contribution is 2.02. The molecule has 3 nitrogen and oxygen atoms in total. The SMILES string of the molecule is CN(CC(F)F)CC(O)COCc1ccccc1. The van der Waals surface area contributed by atoms with Gasteiger partial charge >= 0.3 is 0 Å². The first kappa shape index (κ1) is 15.0. The van der Waals surface area contributed by atoms with E-state index in [9.17, 15) is 13.9 Å². The van der Waals surface area contributed by atoms with Gasteiger partial charge in [-0.2, -0.15) is 0 Å². The molecule has 0 heterocycles. The van der Waals surface area contributed by atoms with Gasteiger partial charge in [-0.3, -0.25) is 4.90 Å². The van der Waals surface area contributed by atoms with Crippen LogP contribution in [0.25, 0.3) is 0 Å². The van der Waals surface area contributed by atoms with Crippen molar-refractivity contribution < 1.29 is 18.6 Å². The van der Waals surface area contributed by atoms with Crippen LogP contribution >= 0.6 is 0 Å². The molecular weight excluding hydrogens is 240 g/mol. The van der Waals surface area contributed by atoms with E-state index in [-0.39, 0.29) is 19.7 Å². The van der Waals surface area contributed by atoms with Crippen LogP contribution in [0.15, 0.2) is 30.3 Å². The van der Waals surface area contributed by atoms with Crippen molar-refractivity contribution in [2.75, 3.05) is 26.7 Å². The van der Waals surface area contributed by atoms with Crippen LogP contribution in [0.2, 0.25) is 0 Å². The minimum absolute atomic E-state index is 0.141. The second-order valence-corrected chi connectivity index (χ2v) is 4.27. The van der Waals surface area contributed by atoms with E-state index in [4.69, 9.17) is 4.74 Å². The van der Waals surface area contributed by atoms with Crippen molar-refractivity contribution in [3.63, 3.8) is 0 Å². The normalized spacial score (nSPS) is 13.2. The Kier molecular flexibility index (Phi) is 6.78. The molecule has 102 valence electrons. The average Bonchev–Trinajstić information content (AvgIpc) is 2.29. The Balaban J connectivity index is 2.15. The minimum atomic E-state index is -2.38. The second kappa shape index (κ2) is 8.13. The highest BCUT2D eigenvalue weighted by molar-refractivity contribution is 5.13. The fraction of sp³-hybridized carbons (Fsp3) is 0.538. The molecule has 0 radical (unpaired) electrons. The van der Waals surface area contributed by atoms with Crippen molar-refractivity contribution in [3.8, 4) is 0 Å². The third-order valence-electron chi connectivity index (χ3n) is 2.39. The maximum absolute atomic E-state index is 12.1. The first-order valence-corrected chi connectivity index (χ1v) is 5.84. The molecule has 1 aromatic carbocycles. The Bertz CT molecular complexity index is 322. The van der Waals surface area contributed by atoms with Crippen LogP contribution in [0.3, 0.4) is 0 Å². The summed E-state index contributed by atoms with van der Waals surface area (Å²) in [5, 5.41) is 9.60. The van der Waals surface area contributed by atoms with Gasteiger partial charge in [0, 0.05) is 6.54 Å². The lowest BCUT2D eigenvalue weighted by atomic mass is 10.2. The van der Waals surface area contributed by atoms with Crippen LogP contribution in [-0.4, -0.2) is 49.3 Å². The number of halogens is 2. The summed E-state index contributed by atoms with van der Waals surface area (Å²) in [5.74, 6) is 0. The van der Waals surface area contributed by atoms with E-state index in [1.165, 1.54) is 4.90 Å². The fourth-order valence-corrected chi connectivity index (χ4v) is 1.61. The number of ether oxygens (including phenoxy) is 1. The zero-order valence-electron chi connectivity index (χ0n) is 10.4. The fourth-order valence-electron chi connectivity index (χ4n) is 1.61. The van der Waals surface area contributed by atoms with Crippen LogP contribution < -0.4 is 0 Å². The summed E-state index contributed by atoms with van der Waals surface area (Å²) in [4.78, 5) is 1.39. The van der Waals surface area contributed by atoms with Gasteiger partial charge in [0.05, 0.1) is 25.9 Å².